The van der Waals surface area contributed by atoms with E-state index < -0.39 is 11.4 Å². The lowest BCUT2D eigenvalue weighted by molar-refractivity contribution is -0.154. The van der Waals surface area contributed by atoms with Crippen LogP contribution >= 0.6 is 0 Å². The molecule has 1 N–H and O–H groups in total. The molecule has 3 rings (SSSR count). The highest BCUT2D eigenvalue weighted by atomic mass is 16.4. The number of hydrogen-bond acceptors (Lipinski definition) is 2. The van der Waals surface area contributed by atoms with Crippen molar-refractivity contribution in [3.05, 3.63) is 12.2 Å². The molecule has 116 valence electrons. The average molecular weight is 291 g/mol. The van der Waals surface area contributed by atoms with E-state index in [1.54, 1.807) is 13.8 Å². The number of allylic oxidation sites excluding steroid dienone is 2. The maximum absolute atomic E-state index is 12.8. The normalized spacial score (nSPS) is 35.2. The Kier molecular flexibility index (Phi) is 3.58. The summed E-state index contributed by atoms with van der Waals surface area (Å²) >= 11 is 0. The number of carbonyl (C=O) groups excluding carboxylic acids is 1. The van der Waals surface area contributed by atoms with Gasteiger partial charge in [-0.25, -0.2) is 0 Å². The first kappa shape index (κ1) is 14.6. The van der Waals surface area contributed by atoms with Crippen LogP contribution in [0.4, 0.5) is 0 Å². The van der Waals surface area contributed by atoms with E-state index in [1.165, 1.54) is 0 Å². The molecule has 0 spiro atoms. The van der Waals surface area contributed by atoms with Crippen molar-refractivity contribution in [3.8, 4) is 0 Å². The lowest BCUT2D eigenvalue weighted by Gasteiger charge is -2.40. The number of fused-ring (bicyclic) bond motifs is 2. The number of amides is 1. The van der Waals surface area contributed by atoms with Gasteiger partial charge in [0.05, 0.1) is 5.41 Å². The van der Waals surface area contributed by atoms with Gasteiger partial charge in [-0.3, -0.25) is 9.59 Å². The van der Waals surface area contributed by atoms with Crippen LogP contribution in [0, 0.1) is 29.1 Å². The molecular weight excluding hydrogens is 266 g/mol. The summed E-state index contributed by atoms with van der Waals surface area (Å²) in [5, 5.41) is 9.40. The number of hydrogen-bond donors (Lipinski definition) is 1. The smallest absolute Gasteiger partial charge is 0.309 e. The molecule has 1 saturated carbocycles. The first-order chi connectivity index (χ1) is 9.89. The Morgan fingerprint density at radius 3 is 2.57 bits per heavy atom. The third-order valence-electron chi connectivity index (χ3n) is 5.90. The van der Waals surface area contributed by atoms with E-state index in [2.05, 4.69) is 12.2 Å². The second-order valence-corrected chi connectivity index (χ2v) is 7.54. The van der Waals surface area contributed by atoms with Gasteiger partial charge in [0, 0.05) is 19.0 Å². The number of aliphatic carboxylic acids is 1. The number of carboxylic acids is 1. The van der Waals surface area contributed by atoms with E-state index in [9.17, 15) is 14.7 Å². The van der Waals surface area contributed by atoms with Gasteiger partial charge in [-0.15, -0.1) is 0 Å². The lowest BCUT2D eigenvalue weighted by Crippen LogP contribution is -2.48. The van der Waals surface area contributed by atoms with Crippen molar-refractivity contribution in [2.75, 3.05) is 13.1 Å². The van der Waals surface area contributed by atoms with Gasteiger partial charge in [0.2, 0.25) is 5.91 Å². The van der Waals surface area contributed by atoms with Crippen molar-refractivity contribution in [2.45, 2.75) is 39.5 Å². The van der Waals surface area contributed by atoms with E-state index in [1.807, 2.05) is 4.90 Å². The molecule has 0 aromatic rings. The minimum Gasteiger partial charge on any atom is -0.481 e. The zero-order chi connectivity index (χ0) is 15.2. The van der Waals surface area contributed by atoms with Crippen molar-refractivity contribution >= 4 is 11.9 Å². The summed E-state index contributed by atoms with van der Waals surface area (Å²) in [4.78, 5) is 26.2. The van der Waals surface area contributed by atoms with E-state index in [0.717, 1.165) is 32.2 Å². The SMILES string of the molecule is CC(C)(C(=O)O)C1CCCN(C(=O)C2CC3C=CC2C3)C1. The second kappa shape index (κ2) is 5.15. The Labute approximate surface area is 126 Å². The van der Waals surface area contributed by atoms with Gasteiger partial charge in [-0.05, 0) is 57.3 Å². The van der Waals surface area contributed by atoms with Crippen LogP contribution in [-0.2, 0) is 9.59 Å². The molecule has 3 aliphatic rings. The maximum atomic E-state index is 12.8. The maximum Gasteiger partial charge on any atom is 0.309 e. The van der Waals surface area contributed by atoms with Gasteiger partial charge in [0.25, 0.3) is 0 Å². The lowest BCUT2D eigenvalue weighted by atomic mass is 9.74. The van der Waals surface area contributed by atoms with Crippen LogP contribution in [0.5, 0.6) is 0 Å². The number of likely N-dealkylation sites (tertiary alicyclic amines) is 1. The van der Waals surface area contributed by atoms with E-state index in [0.29, 0.717) is 18.4 Å². The summed E-state index contributed by atoms with van der Waals surface area (Å²) in [5.41, 5.74) is -0.756. The molecule has 2 fully saturated rings. The minimum absolute atomic E-state index is 0.0573. The number of rotatable bonds is 3. The third kappa shape index (κ3) is 2.49. The number of nitrogens with zero attached hydrogens (tertiary/aromatic N) is 1. The van der Waals surface area contributed by atoms with Crippen LogP contribution < -0.4 is 0 Å². The van der Waals surface area contributed by atoms with Crippen LogP contribution in [0.1, 0.15) is 39.5 Å². The van der Waals surface area contributed by atoms with Gasteiger partial charge in [0.15, 0.2) is 0 Å². The average Bonchev–Trinajstić information content (AvgIpc) is 3.09. The second-order valence-electron chi connectivity index (χ2n) is 7.54. The number of piperidine rings is 1. The quantitative estimate of drug-likeness (QED) is 0.813. The molecule has 1 heterocycles. The van der Waals surface area contributed by atoms with Crippen molar-refractivity contribution in [1.29, 1.82) is 0 Å². The fraction of sp³-hybridized carbons (Fsp3) is 0.765. The molecule has 1 amide bonds. The molecule has 4 heteroatoms. The molecule has 2 aliphatic carbocycles. The molecular formula is C17H25NO3. The summed E-state index contributed by atoms with van der Waals surface area (Å²) in [6.45, 7) is 4.97. The highest BCUT2D eigenvalue weighted by Crippen LogP contribution is 2.45. The largest absolute Gasteiger partial charge is 0.481 e. The van der Waals surface area contributed by atoms with E-state index in [4.69, 9.17) is 0 Å². The van der Waals surface area contributed by atoms with Gasteiger partial charge in [-0.1, -0.05) is 12.2 Å². The molecule has 2 bridgehead atoms. The molecule has 21 heavy (non-hydrogen) atoms. The molecule has 4 unspecified atom stereocenters. The summed E-state index contributed by atoms with van der Waals surface area (Å²) in [7, 11) is 0. The Morgan fingerprint density at radius 2 is 2.00 bits per heavy atom. The fourth-order valence-corrected chi connectivity index (χ4v) is 4.24. The van der Waals surface area contributed by atoms with Gasteiger partial charge >= 0.3 is 5.97 Å². The third-order valence-corrected chi connectivity index (χ3v) is 5.90. The standard InChI is InChI=1S/C17H25NO3/c1-17(2,16(20)21)13-4-3-7-18(10-13)15(19)14-9-11-5-6-12(14)8-11/h5-6,11-14H,3-4,7-10H2,1-2H3,(H,20,21). The van der Waals surface area contributed by atoms with Crippen LogP contribution in [-0.4, -0.2) is 35.0 Å². The van der Waals surface area contributed by atoms with Crippen LogP contribution in [0.25, 0.3) is 0 Å². The number of carbonyl (C=O) groups is 2. The van der Waals surface area contributed by atoms with Crippen LogP contribution in [0.15, 0.2) is 12.2 Å². The molecule has 4 atom stereocenters. The van der Waals surface area contributed by atoms with E-state index in [-0.39, 0.29) is 17.7 Å². The first-order valence-electron chi connectivity index (χ1n) is 8.10. The highest BCUT2D eigenvalue weighted by molar-refractivity contribution is 5.80. The van der Waals surface area contributed by atoms with Crippen molar-refractivity contribution in [1.82, 2.24) is 4.90 Å². The minimum atomic E-state index is -0.760. The zero-order valence-corrected chi connectivity index (χ0v) is 12.9. The van der Waals surface area contributed by atoms with Crippen LogP contribution in [0.2, 0.25) is 0 Å². The summed E-state index contributed by atoms with van der Waals surface area (Å²) < 4.78 is 0. The Bertz CT molecular complexity index is 482. The van der Waals surface area contributed by atoms with Gasteiger partial charge < -0.3 is 10.0 Å². The highest BCUT2D eigenvalue weighted by Gasteiger charge is 2.44. The van der Waals surface area contributed by atoms with Crippen molar-refractivity contribution < 1.29 is 14.7 Å². The molecule has 4 nitrogen and oxygen atoms in total. The van der Waals surface area contributed by atoms with Crippen molar-refractivity contribution in [2.24, 2.45) is 29.1 Å². The van der Waals surface area contributed by atoms with Crippen molar-refractivity contribution in [3.63, 3.8) is 0 Å². The molecule has 1 aliphatic heterocycles. The summed E-state index contributed by atoms with van der Waals surface area (Å²) in [5.74, 6) is 0.728. The predicted molar refractivity (Wildman–Crippen MR) is 79.6 cm³/mol. The predicted octanol–water partition coefficient (Wildman–Crippen LogP) is 2.55. The Balaban J connectivity index is 1.67. The molecule has 1 saturated heterocycles. The number of carboxylic acid groups (broad SMARTS) is 1. The topological polar surface area (TPSA) is 57.6 Å². The van der Waals surface area contributed by atoms with Gasteiger partial charge in [0.1, 0.15) is 0 Å². The summed E-state index contributed by atoms with van der Waals surface area (Å²) in [6, 6.07) is 0. The molecule has 0 aromatic heterocycles. The molecule has 0 aromatic carbocycles. The monoisotopic (exact) mass is 291 g/mol. The van der Waals surface area contributed by atoms with Crippen LogP contribution in [0.3, 0.4) is 0 Å². The Morgan fingerprint density at radius 1 is 1.24 bits per heavy atom. The first-order valence-corrected chi connectivity index (χ1v) is 8.10. The fourth-order valence-electron chi connectivity index (χ4n) is 4.24. The Hall–Kier alpha value is -1.32. The molecule has 0 radical (unpaired) electrons. The van der Waals surface area contributed by atoms with E-state index >= 15 is 0 Å². The zero-order valence-electron chi connectivity index (χ0n) is 12.9. The summed E-state index contributed by atoms with van der Waals surface area (Å²) in [6.07, 6.45) is 8.40. The van der Waals surface area contributed by atoms with Gasteiger partial charge in [-0.2, -0.15) is 0 Å².